The molecule has 1 aromatic heterocycles. The molecule has 18 heavy (non-hydrogen) atoms. The van der Waals surface area contributed by atoms with Crippen LogP contribution in [0.3, 0.4) is 0 Å². The molecular formula is C12H20BrN5. The number of rotatable bonds is 4. The van der Waals surface area contributed by atoms with E-state index in [0.717, 1.165) is 36.2 Å². The largest absolute Gasteiger partial charge is 0.329 e. The Hall–Kier alpha value is -0.530. The third-order valence-corrected chi connectivity index (χ3v) is 3.64. The van der Waals surface area contributed by atoms with Crippen LogP contribution in [0.2, 0.25) is 0 Å². The van der Waals surface area contributed by atoms with Crippen LogP contribution in [-0.4, -0.2) is 54.7 Å². The molecule has 0 spiro atoms. The van der Waals surface area contributed by atoms with Gasteiger partial charge in [0.05, 0.1) is 6.04 Å². The monoisotopic (exact) mass is 313 g/mol. The van der Waals surface area contributed by atoms with E-state index in [9.17, 15) is 0 Å². The average Bonchev–Trinajstić information content (AvgIpc) is 2.38. The molecule has 1 aromatic rings. The molecule has 100 valence electrons. The van der Waals surface area contributed by atoms with Crippen LogP contribution < -0.4 is 11.2 Å². The van der Waals surface area contributed by atoms with Crippen LogP contribution in [0, 0.1) is 0 Å². The minimum atomic E-state index is 0.124. The Labute approximate surface area is 116 Å². The number of halogens is 1. The maximum atomic E-state index is 5.86. The van der Waals surface area contributed by atoms with Gasteiger partial charge in [-0.2, -0.15) is 0 Å². The Morgan fingerprint density at radius 2 is 2.11 bits per heavy atom. The second kappa shape index (κ2) is 6.58. The van der Waals surface area contributed by atoms with Gasteiger partial charge in [0.15, 0.2) is 0 Å². The van der Waals surface area contributed by atoms with Gasteiger partial charge >= 0.3 is 0 Å². The highest BCUT2D eigenvalue weighted by Crippen LogP contribution is 2.16. The maximum absolute atomic E-state index is 5.86. The third kappa shape index (κ3) is 3.73. The molecule has 1 atom stereocenters. The lowest BCUT2D eigenvalue weighted by Crippen LogP contribution is -2.52. The predicted octanol–water partition coefficient (Wildman–Crippen LogP) is 0.596. The molecule has 0 aliphatic carbocycles. The van der Waals surface area contributed by atoms with E-state index in [1.807, 2.05) is 6.20 Å². The summed E-state index contributed by atoms with van der Waals surface area (Å²) in [7, 11) is 2.15. The van der Waals surface area contributed by atoms with Gasteiger partial charge in [0.25, 0.3) is 0 Å². The molecule has 0 aromatic carbocycles. The number of hydrogen-bond donors (Lipinski definition) is 2. The van der Waals surface area contributed by atoms with Gasteiger partial charge in [-0.1, -0.05) is 0 Å². The fourth-order valence-corrected chi connectivity index (χ4v) is 2.42. The molecule has 6 heteroatoms. The van der Waals surface area contributed by atoms with Crippen LogP contribution in [-0.2, 0) is 0 Å². The van der Waals surface area contributed by atoms with E-state index < -0.39 is 0 Å². The molecule has 0 amide bonds. The highest BCUT2D eigenvalue weighted by molar-refractivity contribution is 9.10. The molecule has 2 heterocycles. The van der Waals surface area contributed by atoms with Gasteiger partial charge in [-0.15, -0.1) is 0 Å². The van der Waals surface area contributed by atoms with Crippen LogP contribution in [0.25, 0.3) is 0 Å². The zero-order chi connectivity index (χ0) is 13.0. The smallest absolute Gasteiger partial charge is 0.0602 e. The minimum absolute atomic E-state index is 0.124. The molecule has 0 radical (unpaired) electrons. The number of nitrogens with zero attached hydrogens (tertiary/aromatic N) is 3. The van der Waals surface area contributed by atoms with Crippen molar-refractivity contribution < 1.29 is 0 Å². The van der Waals surface area contributed by atoms with Crippen molar-refractivity contribution in [3.05, 3.63) is 28.5 Å². The number of aromatic nitrogens is 1. The molecule has 2 rings (SSSR count). The summed E-state index contributed by atoms with van der Waals surface area (Å²) in [6, 6.07) is 2.19. The summed E-state index contributed by atoms with van der Waals surface area (Å²) in [6.45, 7) is 4.77. The number of piperazine rings is 1. The molecule has 1 saturated heterocycles. The van der Waals surface area contributed by atoms with Gasteiger partial charge < -0.3 is 10.6 Å². The summed E-state index contributed by atoms with van der Waals surface area (Å²) >= 11 is 3.44. The second-order valence-electron chi connectivity index (χ2n) is 4.64. The molecule has 1 fully saturated rings. The summed E-state index contributed by atoms with van der Waals surface area (Å²) in [5.74, 6) is 0. The van der Waals surface area contributed by atoms with Crippen molar-refractivity contribution in [2.45, 2.75) is 6.04 Å². The predicted molar refractivity (Wildman–Crippen MR) is 75.9 cm³/mol. The van der Waals surface area contributed by atoms with E-state index >= 15 is 0 Å². The summed E-state index contributed by atoms with van der Waals surface area (Å²) < 4.78 is 0.985. The van der Waals surface area contributed by atoms with Gasteiger partial charge in [0.1, 0.15) is 0 Å². The van der Waals surface area contributed by atoms with E-state index in [0.29, 0.717) is 6.54 Å². The second-order valence-corrected chi connectivity index (χ2v) is 5.56. The topological polar surface area (TPSA) is 57.4 Å². The summed E-state index contributed by atoms with van der Waals surface area (Å²) in [6.07, 6.45) is 3.65. The zero-order valence-electron chi connectivity index (χ0n) is 10.6. The van der Waals surface area contributed by atoms with Gasteiger partial charge in [-0.05, 0) is 34.6 Å². The van der Waals surface area contributed by atoms with Gasteiger partial charge in [0, 0.05) is 49.6 Å². The standard InChI is InChI=1S/C12H20BrN5/c1-17-2-4-18(5-3-17)16-12(7-14)10-6-11(13)9-15-8-10/h6,8-9,12,16H,2-5,7,14H2,1H3. The van der Waals surface area contributed by atoms with Crippen molar-refractivity contribution in [1.82, 2.24) is 20.3 Å². The molecule has 0 bridgehead atoms. The fourth-order valence-electron chi connectivity index (χ4n) is 2.04. The third-order valence-electron chi connectivity index (χ3n) is 3.21. The molecule has 5 nitrogen and oxygen atoms in total. The number of hydrazine groups is 1. The fraction of sp³-hybridized carbons (Fsp3) is 0.583. The number of nitrogens with one attached hydrogen (secondary N) is 1. The van der Waals surface area contributed by atoms with E-state index in [2.05, 4.69) is 49.4 Å². The summed E-state index contributed by atoms with van der Waals surface area (Å²) in [5.41, 5.74) is 10.5. The summed E-state index contributed by atoms with van der Waals surface area (Å²) in [5, 5.41) is 2.25. The molecule has 1 unspecified atom stereocenters. The molecular weight excluding hydrogens is 294 g/mol. The quantitative estimate of drug-likeness (QED) is 0.852. The SMILES string of the molecule is CN1CCN(NC(CN)c2cncc(Br)c2)CC1. The lowest BCUT2D eigenvalue weighted by Gasteiger charge is -2.35. The first-order chi connectivity index (χ1) is 8.69. The summed E-state index contributed by atoms with van der Waals surface area (Å²) in [4.78, 5) is 6.52. The Morgan fingerprint density at radius 3 is 2.72 bits per heavy atom. The molecule has 1 aliphatic heterocycles. The van der Waals surface area contributed by atoms with Crippen LogP contribution in [0.5, 0.6) is 0 Å². The Morgan fingerprint density at radius 1 is 1.39 bits per heavy atom. The molecule has 3 N–H and O–H groups in total. The lowest BCUT2D eigenvalue weighted by molar-refractivity contribution is 0.0879. The first-order valence-corrected chi connectivity index (χ1v) is 6.98. The number of hydrogen-bond acceptors (Lipinski definition) is 5. The maximum Gasteiger partial charge on any atom is 0.0602 e. The lowest BCUT2D eigenvalue weighted by atomic mass is 10.1. The Bertz CT molecular complexity index is 378. The highest BCUT2D eigenvalue weighted by Gasteiger charge is 2.18. The zero-order valence-corrected chi connectivity index (χ0v) is 12.2. The average molecular weight is 314 g/mol. The van der Waals surface area contributed by atoms with Crippen LogP contribution in [0.4, 0.5) is 0 Å². The van der Waals surface area contributed by atoms with Gasteiger partial charge in [-0.25, -0.2) is 10.4 Å². The highest BCUT2D eigenvalue weighted by atomic mass is 79.9. The first kappa shape index (κ1) is 13.9. The van der Waals surface area contributed by atoms with E-state index in [-0.39, 0.29) is 6.04 Å². The van der Waals surface area contributed by atoms with Crippen molar-refractivity contribution in [3.63, 3.8) is 0 Å². The van der Waals surface area contributed by atoms with Crippen molar-refractivity contribution in [3.8, 4) is 0 Å². The molecule has 0 saturated carbocycles. The van der Waals surface area contributed by atoms with E-state index in [4.69, 9.17) is 5.73 Å². The van der Waals surface area contributed by atoms with Gasteiger partial charge in [0.2, 0.25) is 0 Å². The number of pyridine rings is 1. The van der Waals surface area contributed by atoms with E-state index in [1.165, 1.54) is 0 Å². The van der Waals surface area contributed by atoms with Crippen LogP contribution in [0.15, 0.2) is 22.9 Å². The van der Waals surface area contributed by atoms with Crippen LogP contribution in [0.1, 0.15) is 11.6 Å². The van der Waals surface area contributed by atoms with Gasteiger partial charge in [-0.3, -0.25) is 4.98 Å². The number of nitrogens with two attached hydrogens (primary N) is 1. The van der Waals surface area contributed by atoms with E-state index in [1.54, 1.807) is 6.20 Å². The van der Waals surface area contributed by atoms with Crippen molar-refractivity contribution in [1.29, 1.82) is 0 Å². The normalized spacial score (nSPS) is 19.9. The number of likely N-dealkylation sites (N-methyl/N-ethyl adjacent to an activating group) is 1. The van der Waals surface area contributed by atoms with Crippen LogP contribution >= 0.6 is 15.9 Å². The van der Waals surface area contributed by atoms with Crippen molar-refractivity contribution in [2.24, 2.45) is 5.73 Å². The molecule has 1 aliphatic rings. The minimum Gasteiger partial charge on any atom is -0.329 e. The van der Waals surface area contributed by atoms with Crippen molar-refractivity contribution >= 4 is 15.9 Å². The Balaban J connectivity index is 1.97. The van der Waals surface area contributed by atoms with Crippen molar-refractivity contribution in [2.75, 3.05) is 39.8 Å². The first-order valence-electron chi connectivity index (χ1n) is 6.19. The Kier molecular flexibility index (Phi) is 5.08.